The molecule has 0 aliphatic carbocycles. The van der Waals surface area contributed by atoms with Crippen LogP contribution in [0.2, 0.25) is 0 Å². The maximum Gasteiger partial charge on any atom is 0.311 e. The van der Waals surface area contributed by atoms with Gasteiger partial charge in [0.15, 0.2) is 12.2 Å². The molecule has 0 radical (unpaired) electrons. The summed E-state index contributed by atoms with van der Waals surface area (Å²) >= 11 is 0. The predicted octanol–water partition coefficient (Wildman–Crippen LogP) is 2.25. The summed E-state index contributed by atoms with van der Waals surface area (Å²) in [6, 6.07) is 0. The number of aliphatic hydroxyl groups is 13. The smallest absolute Gasteiger partial charge is 0.311 e. The summed E-state index contributed by atoms with van der Waals surface area (Å²) in [7, 11) is 0. The van der Waals surface area contributed by atoms with Crippen LogP contribution < -0.4 is 11.5 Å². The molecule has 1 saturated heterocycles. The maximum absolute atomic E-state index is 14.1. The maximum atomic E-state index is 14.1. The molecule has 1 fully saturated rings. The number of aliphatic imine (C=N–C) groups is 1. The number of hydrogen-bond donors (Lipinski definition) is 15. The third-order valence-electron chi connectivity index (χ3n) is 15.3. The van der Waals surface area contributed by atoms with Crippen LogP contribution in [0.3, 0.4) is 0 Å². The van der Waals surface area contributed by atoms with E-state index in [2.05, 4.69) is 4.99 Å². The van der Waals surface area contributed by atoms with Gasteiger partial charge in [0.2, 0.25) is 0 Å². The van der Waals surface area contributed by atoms with Gasteiger partial charge >= 0.3 is 5.97 Å². The Kier molecular flexibility index (Phi) is 33.7. The molecule has 17 N–H and O–H groups in total. The molecule has 0 saturated carbocycles. The number of nitrogens with two attached hydrogens (primary N) is 2. The SMILES string of the molecule is CCCCC1C(=O)OC(CCCN=C(N)N)C(C)C(O)C(C)C=C(C)CCCCC(O)CC(O)CC(O)CC(O)CC(O)C(OC2O[C@H](CO)[C@@H](O)[C@@H]2O)C=C(C)C(O)CCCC(O)CCCC(O)CCC(C)C1O. The van der Waals surface area contributed by atoms with Gasteiger partial charge in [0.05, 0.1) is 73.6 Å². The van der Waals surface area contributed by atoms with Crippen molar-refractivity contribution < 1.29 is 85.4 Å². The van der Waals surface area contributed by atoms with E-state index in [9.17, 15) is 71.2 Å². The van der Waals surface area contributed by atoms with Gasteiger partial charge in [0.1, 0.15) is 30.5 Å². The van der Waals surface area contributed by atoms with Gasteiger partial charge in [-0.3, -0.25) is 9.79 Å². The monoisotopic (exact) mass is 1080 g/mol. The highest BCUT2D eigenvalue weighted by molar-refractivity contribution is 5.75. The highest BCUT2D eigenvalue weighted by atomic mass is 16.7. The Morgan fingerprint density at radius 1 is 0.653 bits per heavy atom. The highest BCUT2D eigenvalue weighted by Gasteiger charge is 2.45. The first-order chi connectivity index (χ1) is 35.4. The van der Waals surface area contributed by atoms with Crippen LogP contribution >= 0.6 is 0 Å². The van der Waals surface area contributed by atoms with Crippen molar-refractivity contribution in [1.82, 2.24) is 0 Å². The zero-order chi connectivity index (χ0) is 56.4. The van der Waals surface area contributed by atoms with Crippen molar-refractivity contribution in [2.45, 2.75) is 274 Å². The third-order valence-corrected chi connectivity index (χ3v) is 15.3. The molecule has 0 aromatic carbocycles. The second-order valence-electron chi connectivity index (χ2n) is 22.2. The number of esters is 1. The zero-order valence-corrected chi connectivity index (χ0v) is 46.0. The van der Waals surface area contributed by atoms with Crippen LogP contribution in [0.1, 0.15) is 176 Å². The van der Waals surface area contributed by atoms with Crippen molar-refractivity contribution in [3.63, 3.8) is 0 Å². The molecule has 2 rings (SSSR count). The minimum absolute atomic E-state index is 0.0173. The van der Waals surface area contributed by atoms with E-state index in [4.69, 9.17) is 25.7 Å². The minimum Gasteiger partial charge on any atom is -0.462 e. The number of cyclic esters (lactones) is 1. The number of aliphatic hydroxyl groups excluding tert-OH is 13. The number of carbonyl (C=O) groups excluding carboxylic acids is 1. The predicted molar refractivity (Wildman–Crippen MR) is 284 cm³/mol. The Morgan fingerprint density at radius 2 is 1.24 bits per heavy atom. The second kappa shape index (κ2) is 36.7. The summed E-state index contributed by atoms with van der Waals surface area (Å²) in [5, 5.41) is 141. The Bertz CT molecular complexity index is 1640. The number of guanidine groups is 1. The number of nitrogens with zero attached hydrogens (tertiary/aromatic N) is 1. The largest absolute Gasteiger partial charge is 0.462 e. The van der Waals surface area contributed by atoms with E-state index in [0.29, 0.717) is 108 Å². The Balaban J connectivity index is 2.31. The molecule has 2 heterocycles. The summed E-state index contributed by atoms with van der Waals surface area (Å²) in [5.74, 6) is -2.63. The first-order valence-corrected chi connectivity index (χ1v) is 28.1. The molecule has 0 aromatic rings. The quantitative estimate of drug-likeness (QED) is 0.0490. The normalized spacial score (nSPS) is 38.8. The van der Waals surface area contributed by atoms with Crippen molar-refractivity contribution >= 4 is 11.9 Å². The van der Waals surface area contributed by atoms with Crippen molar-refractivity contribution in [3.8, 4) is 0 Å². The van der Waals surface area contributed by atoms with Crippen LogP contribution in [0.4, 0.5) is 0 Å². The lowest BCUT2D eigenvalue weighted by molar-refractivity contribution is -0.202. The lowest BCUT2D eigenvalue weighted by Crippen LogP contribution is -2.41. The first kappa shape index (κ1) is 68.7. The van der Waals surface area contributed by atoms with Gasteiger partial charge in [0.25, 0.3) is 0 Å². The van der Waals surface area contributed by atoms with Crippen LogP contribution in [0.15, 0.2) is 28.3 Å². The van der Waals surface area contributed by atoms with Crippen LogP contribution in [-0.2, 0) is 19.0 Å². The van der Waals surface area contributed by atoms with Crippen LogP contribution in [0.5, 0.6) is 0 Å². The number of unbranched alkanes of at least 4 members (excludes halogenated alkanes) is 1. The molecule has 20 atom stereocenters. The molecular formula is C55H103N3O17. The molecule has 0 spiro atoms. The average molecular weight is 1080 g/mol. The standard InChI is InChI=1S/C55H103N3O17/c1-7-8-19-43-50(69)33(3)22-23-38(61)17-11-16-37(60)18-12-20-44(66)34(4)26-47(74-54-52(71)51(70)48(31-59)75-54)45(67)30-42(65)29-41(64)28-40(63)27-39(62)15-10-9-14-32(2)25-35(5)49(68)36(6)46(73-53(43)72)21-13-24-58-55(56)57/h25-26,33,35-52,54,59-71H,7-24,27-31H2,1-6H3,(H4,56,57,58)/t33?,35?,36?,37?,38?,39?,40?,41?,42?,43?,44?,45?,46?,47?,48-,49?,50?,51-,52+,54?/m1/s1. The van der Waals surface area contributed by atoms with Gasteiger partial charge in [-0.05, 0) is 134 Å². The fraction of sp³-hybridized carbons (Fsp3) is 0.891. The number of allylic oxidation sites excluding steroid dienone is 1. The summed E-state index contributed by atoms with van der Waals surface area (Å²) in [6.07, 6.45) is -7.36. The third kappa shape index (κ3) is 26.4. The topological polar surface area (TPSA) is 372 Å². The highest BCUT2D eigenvalue weighted by Crippen LogP contribution is 2.31. The van der Waals surface area contributed by atoms with Crippen LogP contribution in [0.25, 0.3) is 0 Å². The molecule has 75 heavy (non-hydrogen) atoms. The van der Waals surface area contributed by atoms with Crippen LogP contribution in [-0.4, -0.2) is 189 Å². The fourth-order valence-corrected chi connectivity index (χ4v) is 10.3. The van der Waals surface area contributed by atoms with E-state index < -0.39 is 122 Å². The van der Waals surface area contributed by atoms with E-state index in [1.807, 2.05) is 40.7 Å². The number of rotatable bonds is 10. The molecule has 17 unspecified atom stereocenters. The molecule has 2 aliphatic rings. The molecular weight excluding hydrogens is 975 g/mol. The number of carbonyl (C=O) groups is 1. The van der Waals surface area contributed by atoms with E-state index in [0.717, 1.165) is 12.0 Å². The van der Waals surface area contributed by atoms with Gasteiger partial charge < -0.3 is 92.1 Å². The first-order valence-electron chi connectivity index (χ1n) is 28.1. The summed E-state index contributed by atoms with van der Waals surface area (Å²) in [4.78, 5) is 18.2. The van der Waals surface area contributed by atoms with E-state index in [1.165, 1.54) is 6.08 Å². The van der Waals surface area contributed by atoms with Gasteiger partial charge in [-0.1, -0.05) is 64.7 Å². The van der Waals surface area contributed by atoms with Gasteiger partial charge in [0, 0.05) is 24.8 Å². The average Bonchev–Trinajstić information content (AvgIpc) is 3.61. The molecule has 440 valence electrons. The Labute approximate surface area is 446 Å². The lowest BCUT2D eigenvalue weighted by atomic mass is 9.84. The second-order valence-corrected chi connectivity index (χ2v) is 22.2. The molecule has 0 amide bonds. The van der Waals surface area contributed by atoms with Gasteiger partial charge in [-0.25, -0.2) is 0 Å². The van der Waals surface area contributed by atoms with Crippen molar-refractivity contribution in [3.05, 3.63) is 23.3 Å². The van der Waals surface area contributed by atoms with Gasteiger partial charge in [-0.2, -0.15) is 0 Å². The van der Waals surface area contributed by atoms with E-state index in [1.54, 1.807) is 6.92 Å². The number of ether oxygens (including phenoxy) is 3. The Morgan fingerprint density at radius 3 is 1.84 bits per heavy atom. The lowest BCUT2D eigenvalue weighted by Gasteiger charge is -2.33. The summed E-state index contributed by atoms with van der Waals surface area (Å²) in [5.41, 5.74) is 12.5. The molecule has 20 nitrogen and oxygen atoms in total. The van der Waals surface area contributed by atoms with Gasteiger partial charge in [-0.15, -0.1) is 0 Å². The minimum atomic E-state index is -1.59. The number of hydrogen-bond acceptors (Lipinski definition) is 18. The fourth-order valence-electron chi connectivity index (χ4n) is 10.3. The van der Waals surface area contributed by atoms with E-state index in [-0.39, 0.29) is 49.9 Å². The zero-order valence-electron chi connectivity index (χ0n) is 46.0. The van der Waals surface area contributed by atoms with Crippen LogP contribution in [0, 0.1) is 23.7 Å². The summed E-state index contributed by atoms with van der Waals surface area (Å²) in [6.45, 7) is 10.8. The molecule has 20 heteroatoms. The summed E-state index contributed by atoms with van der Waals surface area (Å²) < 4.78 is 17.6. The van der Waals surface area contributed by atoms with Crippen molar-refractivity contribution in [2.75, 3.05) is 13.2 Å². The van der Waals surface area contributed by atoms with Crippen molar-refractivity contribution in [2.24, 2.45) is 40.1 Å². The Hall–Kier alpha value is -2.38. The molecule has 0 aromatic heterocycles. The van der Waals surface area contributed by atoms with E-state index >= 15 is 0 Å². The van der Waals surface area contributed by atoms with Crippen molar-refractivity contribution in [1.29, 1.82) is 0 Å². The molecule has 0 bridgehead atoms. The molecule has 2 aliphatic heterocycles.